The Hall–Kier alpha value is -3.12. The van der Waals surface area contributed by atoms with Gasteiger partial charge in [0, 0.05) is 19.0 Å². The summed E-state index contributed by atoms with van der Waals surface area (Å²) in [5.74, 6) is 0.579. The second-order valence-electron chi connectivity index (χ2n) is 8.63. The molecule has 0 aliphatic heterocycles. The molecule has 0 fully saturated rings. The molecule has 0 radical (unpaired) electrons. The monoisotopic (exact) mass is 446 g/mol. The number of hydrogen-bond donors (Lipinski definition) is 0. The lowest BCUT2D eigenvalue weighted by atomic mass is 10.1. The van der Waals surface area contributed by atoms with Crippen LogP contribution in [0, 0.1) is 19.8 Å². The topological polar surface area (TPSA) is 44.2 Å². The summed E-state index contributed by atoms with van der Waals surface area (Å²) in [6, 6.07) is 18.3. The minimum Gasteiger partial charge on any atom is -0.316 e. The van der Waals surface area contributed by atoms with E-state index in [-0.39, 0.29) is 5.56 Å². The Balaban J connectivity index is 1.88. The number of thiazole rings is 1. The summed E-state index contributed by atoms with van der Waals surface area (Å²) in [7, 11) is 1.90. The lowest BCUT2D eigenvalue weighted by molar-refractivity contribution is 0.513. The summed E-state index contributed by atoms with van der Waals surface area (Å²) >= 11 is 1.59. The zero-order valence-electron chi connectivity index (χ0n) is 19.4. The summed E-state index contributed by atoms with van der Waals surface area (Å²) in [5, 5.41) is 2.15. The van der Waals surface area contributed by atoms with Crippen LogP contribution in [-0.4, -0.2) is 13.9 Å². The third-order valence-corrected chi connectivity index (χ3v) is 6.67. The molecule has 0 spiro atoms. The average Bonchev–Trinajstić information content (AvgIpc) is 3.27. The van der Waals surface area contributed by atoms with Crippen molar-refractivity contribution in [3.8, 4) is 16.9 Å². The lowest BCUT2D eigenvalue weighted by Gasteiger charge is -2.11. The Labute approximate surface area is 192 Å². The second-order valence-corrected chi connectivity index (χ2v) is 9.46. The van der Waals surface area contributed by atoms with E-state index in [1.165, 1.54) is 11.1 Å². The standard InChI is InChI=1S/C26H30N4OS/c1-18(2)15-16-29-23(21-13-11-19(3)12-14-21)17-32-26(29)27-24-20(4)28(5)30(25(24)31)22-9-7-6-8-10-22/h6-14,17-18H,15-16H2,1-5H3. The number of hydrogen-bond acceptors (Lipinski definition) is 3. The van der Waals surface area contributed by atoms with Crippen molar-refractivity contribution in [3.63, 3.8) is 0 Å². The highest BCUT2D eigenvalue weighted by Gasteiger charge is 2.17. The minimum absolute atomic E-state index is 0.100. The molecule has 0 N–H and O–H groups in total. The van der Waals surface area contributed by atoms with Gasteiger partial charge in [0.25, 0.3) is 5.56 Å². The SMILES string of the molecule is Cc1ccc(-c2csc(=Nc3c(C)n(C)n(-c4ccccc4)c3=O)n2CCC(C)C)cc1. The first kappa shape index (κ1) is 22.1. The summed E-state index contributed by atoms with van der Waals surface area (Å²) < 4.78 is 5.82. The number of aryl methyl sites for hydroxylation is 1. The van der Waals surface area contributed by atoms with Crippen LogP contribution in [0.25, 0.3) is 16.9 Å². The maximum Gasteiger partial charge on any atom is 0.297 e. The van der Waals surface area contributed by atoms with Crippen LogP contribution in [0.2, 0.25) is 0 Å². The van der Waals surface area contributed by atoms with Crippen LogP contribution in [-0.2, 0) is 13.6 Å². The number of rotatable bonds is 6. The molecule has 32 heavy (non-hydrogen) atoms. The molecule has 4 aromatic rings. The molecule has 2 aromatic heterocycles. The average molecular weight is 447 g/mol. The van der Waals surface area contributed by atoms with Crippen LogP contribution in [0.15, 0.2) is 69.8 Å². The zero-order valence-corrected chi connectivity index (χ0v) is 20.2. The van der Waals surface area contributed by atoms with Gasteiger partial charge in [0.15, 0.2) is 10.5 Å². The molecule has 4 rings (SSSR count). The van der Waals surface area contributed by atoms with E-state index < -0.39 is 0 Å². The summed E-state index contributed by atoms with van der Waals surface area (Å²) in [6.45, 7) is 9.37. The van der Waals surface area contributed by atoms with Crippen LogP contribution in [0.1, 0.15) is 31.5 Å². The van der Waals surface area contributed by atoms with Crippen molar-refractivity contribution in [2.24, 2.45) is 18.0 Å². The van der Waals surface area contributed by atoms with E-state index >= 15 is 0 Å². The highest BCUT2D eigenvalue weighted by molar-refractivity contribution is 7.07. The molecule has 0 aliphatic carbocycles. The Morgan fingerprint density at radius 2 is 1.69 bits per heavy atom. The first-order chi connectivity index (χ1) is 15.4. The Morgan fingerprint density at radius 1 is 1.00 bits per heavy atom. The molecular formula is C26H30N4OS. The number of para-hydroxylation sites is 1. The molecule has 0 saturated heterocycles. The van der Waals surface area contributed by atoms with Gasteiger partial charge in [-0.05, 0) is 43.9 Å². The number of nitrogens with zero attached hydrogens (tertiary/aromatic N) is 4. The number of benzene rings is 2. The Kier molecular flexibility index (Phi) is 6.33. The first-order valence-electron chi connectivity index (χ1n) is 11.0. The normalized spacial score (nSPS) is 12.1. The molecule has 0 unspecified atom stereocenters. The van der Waals surface area contributed by atoms with E-state index in [9.17, 15) is 4.79 Å². The largest absolute Gasteiger partial charge is 0.316 e. The van der Waals surface area contributed by atoms with Crippen molar-refractivity contribution in [2.45, 2.75) is 40.7 Å². The molecule has 6 heteroatoms. The van der Waals surface area contributed by atoms with E-state index in [0.717, 1.165) is 34.8 Å². The van der Waals surface area contributed by atoms with Gasteiger partial charge in [-0.3, -0.25) is 9.48 Å². The van der Waals surface area contributed by atoms with E-state index in [1.807, 2.05) is 49.0 Å². The molecule has 0 aliphatic rings. The van der Waals surface area contributed by atoms with Gasteiger partial charge in [-0.2, -0.15) is 0 Å². The highest BCUT2D eigenvalue weighted by atomic mass is 32.1. The molecule has 166 valence electrons. The van der Waals surface area contributed by atoms with E-state index in [1.54, 1.807) is 16.0 Å². The van der Waals surface area contributed by atoms with Crippen molar-refractivity contribution < 1.29 is 0 Å². The first-order valence-corrected chi connectivity index (χ1v) is 11.9. The lowest BCUT2D eigenvalue weighted by Crippen LogP contribution is -2.20. The molecule has 2 aromatic carbocycles. The fourth-order valence-corrected chi connectivity index (χ4v) is 4.70. The van der Waals surface area contributed by atoms with Crippen molar-refractivity contribution in [2.75, 3.05) is 0 Å². The molecule has 0 bridgehead atoms. The van der Waals surface area contributed by atoms with Gasteiger partial charge in [0.05, 0.1) is 17.1 Å². The van der Waals surface area contributed by atoms with Crippen LogP contribution in [0.4, 0.5) is 5.69 Å². The fraction of sp³-hybridized carbons (Fsp3) is 0.308. The van der Waals surface area contributed by atoms with Crippen molar-refractivity contribution >= 4 is 17.0 Å². The van der Waals surface area contributed by atoms with Gasteiger partial charge in [-0.25, -0.2) is 9.67 Å². The minimum atomic E-state index is -0.100. The molecule has 0 amide bonds. The summed E-state index contributed by atoms with van der Waals surface area (Å²) in [4.78, 5) is 19.1. The fourth-order valence-electron chi connectivity index (χ4n) is 3.76. The van der Waals surface area contributed by atoms with Crippen LogP contribution >= 0.6 is 11.3 Å². The zero-order chi connectivity index (χ0) is 22.8. The summed E-state index contributed by atoms with van der Waals surface area (Å²) in [6.07, 6.45) is 1.05. The van der Waals surface area contributed by atoms with Crippen LogP contribution in [0.5, 0.6) is 0 Å². The van der Waals surface area contributed by atoms with Gasteiger partial charge in [-0.15, -0.1) is 11.3 Å². The third kappa shape index (κ3) is 4.28. The highest BCUT2D eigenvalue weighted by Crippen LogP contribution is 2.23. The van der Waals surface area contributed by atoms with Gasteiger partial charge >= 0.3 is 0 Å². The predicted molar refractivity (Wildman–Crippen MR) is 133 cm³/mol. The molecule has 0 saturated carbocycles. The summed E-state index contributed by atoms with van der Waals surface area (Å²) in [5.41, 5.74) is 5.63. The van der Waals surface area contributed by atoms with Crippen molar-refractivity contribution in [1.82, 2.24) is 13.9 Å². The van der Waals surface area contributed by atoms with Gasteiger partial charge in [0.1, 0.15) is 0 Å². The number of aromatic nitrogens is 3. The third-order valence-electron chi connectivity index (χ3n) is 5.81. The van der Waals surface area contributed by atoms with E-state index in [2.05, 4.69) is 55.0 Å². The van der Waals surface area contributed by atoms with E-state index in [0.29, 0.717) is 11.6 Å². The maximum absolute atomic E-state index is 13.4. The van der Waals surface area contributed by atoms with Gasteiger partial charge < -0.3 is 4.57 Å². The molecule has 2 heterocycles. The van der Waals surface area contributed by atoms with Crippen molar-refractivity contribution in [3.05, 3.63) is 86.4 Å². The smallest absolute Gasteiger partial charge is 0.297 e. The molecule has 0 atom stereocenters. The van der Waals surface area contributed by atoms with Crippen molar-refractivity contribution in [1.29, 1.82) is 0 Å². The predicted octanol–water partition coefficient (Wildman–Crippen LogP) is 5.60. The van der Waals surface area contributed by atoms with Crippen LogP contribution in [0.3, 0.4) is 0 Å². The second kappa shape index (κ2) is 9.17. The Bertz CT molecular complexity index is 1340. The van der Waals surface area contributed by atoms with Crippen LogP contribution < -0.4 is 10.4 Å². The van der Waals surface area contributed by atoms with Gasteiger partial charge in [0.2, 0.25) is 0 Å². The van der Waals surface area contributed by atoms with Gasteiger partial charge in [-0.1, -0.05) is 61.9 Å². The molecule has 5 nitrogen and oxygen atoms in total. The quantitative estimate of drug-likeness (QED) is 0.380. The Morgan fingerprint density at radius 3 is 2.34 bits per heavy atom. The molecular weight excluding hydrogens is 416 g/mol. The maximum atomic E-state index is 13.4. The van der Waals surface area contributed by atoms with E-state index in [4.69, 9.17) is 4.99 Å².